The fraction of sp³-hybridized carbons (Fsp3) is 0.632. The van der Waals surface area contributed by atoms with Crippen LogP contribution in [-0.4, -0.2) is 37.9 Å². The first-order valence-corrected chi connectivity index (χ1v) is 9.08. The summed E-state index contributed by atoms with van der Waals surface area (Å²) in [5.41, 5.74) is 0.774. The number of hydrogen-bond donors (Lipinski definition) is 3. The molecule has 1 atom stereocenters. The first-order valence-electron chi connectivity index (χ1n) is 9.08. The first kappa shape index (κ1) is 17.9. The minimum atomic E-state index is -1.07. The molecule has 1 saturated carbocycles. The Labute approximate surface area is 148 Å². The molecule has 0 aliphatic heterocycles. The molecule has 3 N–H and O–H groups in total. The smallest absolute Gasteiger partial charge is 0.315 e. The second-order valence-corrected chi connectivity index (χ2v) is 7.06. The summed E-state index contributed by atoms with van der Waals surface area (Å²) in [4.78, 5) is 12.2. The molecule has 0 radical (unpaired) electrons. The maximum absolute atomic E-state index is 12.2. The van der Waals surface area contributed by atoms with Gasteiger partial charge in [0, 0.05) is 6.04 Å². The van der Waals surface area contributed by atoms with Crippen molar-refractivity contribution in [1.29, 1.82) is 0 Å². The Morgan fingerprint density at radius 2 is 1.88 bits per heavy atom. The van der Waals surface area contributed by atoms with E-state index in [1.165, 1.54) is 19.3 Å². The second-order valence-electron chi connectivity index (χ2n) is 7.06. The van der Waals surface area contributed by atoms with E-state index in [2.05, 4.69) is 10.6 Å². The largest absolute Gasteiger partial charge is 0.493 e. The van der Waals surface area contributed by atoms with E-state index in [1.54, 1.807) is 14.2 Å². The van der Waals surface area contributed by atoms with Gasteiger partial charge in [0.1, 0.15) is 5.60 Å². The summed E-state index contributed by atoms with van der Waals surface area (Å²) < 4.78 is 10.7. The number of carbonyl (C=O) groups is 1. The zero-order chi connectivity index (χ0) is 17.9. The maximum atomic E-state index is 12.2. The van der Waals surface area contributed by atoms with Crippen molar-refractivity contribution >= 4 is 6.03 Å². The summed E-state index contributed by atoms with van der Waals surface area (Å²) in [5.74, 6) is 1.25. The van der Waals surface area contributed by atoms with Crippen molar-refractivity contribution < 1.29 is 19.4 Å². The predicted molar refractivity (Wildman–Crippen MR) is 95.2 cm³/mol. The third-order valence-electron chi connectivity index (χ3n) is 5.40. The SMILES string of the molecule is COc1cc2c(cc1OC)C(O)(CNC(=O)NC1CCCCC1)CC2. The molecule has 1 fully saturated rings. The van der Waals surface area contributed by atoms with Crippen LogP contribution in [0.25, 0.3) is 0 Å². The lowest BCUT2D eigenvalue weighted by molar-refractivity contribution is 0.0409. The number of fused-ring (bicyclic) bond motifs is 1. The molecule has 1 aromatic rings. The van der Waals surface area contributed by atoms with Gasteiger partial charge in [0.05, 0.1) is 20.8 Å². The minimum Gasteiger partial charge on any atom is -0.493 e. The van der Waals surface area contributed by atoms with Crippen LogP contribution in [0.5, 0.6) is 11.5 Å². The summed E-state index contributed by atoms with van der Waals surface area (Å²) >= 11 is 0. The Morgan fingerprint density at radius 1 is 1.20 bits per heavy atom. The van der Waals surface area contributed by atoms with E-state index in [0.29, 0.717) is 17.9 Å². The predicted octanol–water partition coefficient (Wildman–Crippen LogP) is 2.47. The van der Waals surface area contributed by atoms with Gasteiger partial charge in [0.2, 0.25) is 0 Å². The molecular formula is C19H28N2O4. The summed E-state index contributed by atoms with van der Waals surface area (Å²) in [6.45, 7) is 0.189. The highest BCUT2D eigenvalue weighted by Crippen LogP contribution is 2.42. The molecule has 0 bridgehead atoms. The van der Waals surface area contributed by atoms with E-state index in [-0.39, 0.29) is 18.6 Å². The molecule has 1 aromatic carbocycles. The van der Waals surface area contributed by atoms with Crippen LogP contribution in [0.4, 0.5) is 4.79 Å². The van der Waals surface area contributed by atoms with Gasteiger partial charge in [-0.3, -0.25) is 0 Å². The number of aryl methyl sites for hydroxylation is 1. The summed E-state index contributed by atoms with van der Waals surface area (Å²) in [7, 11) is 3.18. The first-order chi connectivity index (χ1) is 12.1. The van der Waals surface area contributed by atoms with Crippen LogP contribution in [0.2, 0.25) is 0 Å². The number of hydrogen-bond acceptors (Lipinski definition) is 4. The van der Waals surface area contributed by atoms with Gasteiger partial charge < -0.3 is 25.2 Å². The van der Waals surface area contributed by atoms with E-state index in [0.717, 1.165) is 30.4 Å². The monoisotopic (exact) mass is 348 g/mol. The molecule has 0 heterocycles. The highest BCUT2D eigenvalue weighted by molar-refractivity contribution is 5.74. The van der Waals surface area contributed by atoms with Crippen molar-refractivity contribution in [3.05, 3.63) is 23.3 Å². The summed E-state index contributed by atoms with van der Waals surface area (Å²) in [6, 6.07) is 3.79. The summed E-state index contributed by atoms with van der Waals surface area (Å²) in [6.07, 6.45) is 6.99. The lowest BCUT2D eigenvalue weighted by atomic mass is 9.95. The van der Waals surface area contributed by atoms with E-state index in [9.17, 15) is 9.90 Å². The number of nitrogens with one attached hydrogen (secondary N) is 2. The average molecular weight is 348 g/mol. The zero-order valence-corrected chi connectivity index (χ0v) is 15.1. The number of urea groups is 1. The van der Waals surface area contributed by atoms with Crippen LogP contribution in [0.1, 0.15) is 49.7 Å². The van der Waals surface area contributed by atoms with Crippen molar-refractivity contribution in [3.63, 3.8) is 0 Å². The molecular weight excluding hydrogens is 320 g/mol. The van der Waals surface area contributed by atoms with Gasteiger partial charge in [-0.05, 0) is 48.9 Å². The van der Waals surface area contributed by atoms with Crippen LogP contribution in [-0.2, 0) is 12.0 Å². The van der Waals surface area contributed by atoms with Crippen molar-refractivity contribution in [1.82, 2.24) is 10.6 Å². The Bertz CT molecular complexity index is 628. The van der Waals surface area contributed by atoms with Gasteiger partial charge in [-0.2, -0.15) is 0 Å². The van der Waals surface area contributed by atoms with E-state index in [4.69, 9.17) is 9.47 Å². The van der Waals surface area contributed by atoms with Gasteiger partial charge in [-0.15, -0.1) is 0 Å². The molecule has 1 unspecified atom stereocenters. The van der Waals surface area contributed by atoms with Gasteiger partial charge >= 0.3 is 6.03 Å². The standard InChI is InChI=1S/C19H28N2O4/c1-24-16-10-13-8-9-19(23,15(13)11-17(16)25-2)12-20-18(22)21-14-6-4-3-5-7-14/h10-11,14,23H,3-9,12H2,1-2H3,(H2,20,21,22). The molecule has 6 nitrogen and oxygen atoms in total. The highest BCUT2D eigenvalue weighted by atomic mass is 16.5. The lowest BCUT2D eigenvalue weighted by Crippen LogP contribution is -2.47. The third kappa shape index (κ3) is 3.84. The quantitative estimate of drug-likeness (QED) is 0.764. The molecule has 2 amide bonds. The molecule has 2 aliphatic rings. The molecule has 0 saturated heterocycles. The Balaban J connectivity index is 1.64. The fourth-order valence-electron chi connectivity index (χ4n) is 3.93. The average Bonchev–Trinajstić information content (AvgIpc) is 2.96. The maximum Gasteiger partial charge on any atom is 0.315 e. The Morgan fingerprint density at radius 3 is 2.56 bits per heavy atom. The third-order valence-corrected chi connectivity index (χ3v) is 5.40. The van der Waals surface area contributed by atoms with Crippen LogP contribution in [0, 0.1) is 0 Å². The Hall–Kier alpha value is -1.95. The van der Waals surface area contributed by atoms with E-state index < -0.39 is 5.60 Å². The molecule has 0 spiro atoms. The Kier molecular flexibility index (Phi) is 5.37. The molecule has 25 heavy (non-hydrogen) atoms. The molecule has 3 rings (SSSR count). The van der Waals surface area contributed by atoms with Crippen molar-refractivity contribution in [2.24, 2.45) is 0 Å². The number of carbonyl (C=O) groups excluding carboxylic acids is 1. The summed E-state index contributed by atoms with van der Waals surface area (Å²) in [5, 5.41) is 16.9. The highest BCUT2D eigenvalue weighted by Gasteiger charge is 2.38. The van der Waals surface area contributed by atoms with Crippen LogP contribution < -0.4 is 20.1 Å². The number of rotatable bonds is 5. The van der Waals surface area contributed by atoms with E-state index in [1.807, 2.05) is 12.1 Å². The number of amides is 2. The van der Waals surface area contributed by atoms with Gasteiger partial charge in [0.25, 0.3) is 0 Å². The van der Waals surface area contributed by atoms with Gasteiger partial charge in [0.15, 0.2) is 11.5 Å². The topological polar surface area (TPSA) is 79.8 Å². The van der Waals surface area contributed by atoms with Crippen molar-refractivity contribution in [2.45, 2.75) is 56.6 Å². The van der Waals surface area contributed by atoms with Crippen molar-refractivity contribution in [3.8, 4) is 11.5 Å². The molecule has 0 aromatic heterocycles. The number of ether oxygens (including phenoxy) is 2. The normalized spacial score (nSPS) is 23.0. The lowest BCUT2D eigenvalue weighted by Gasteiger charge is -2.27. The van der Waals surface area contributed by atoms with E-state index >= 15 is 0 Å². The fourth-order valence-corrected chi connectivity index (χ4v) is 3.93. The number of methoxy groups -OCH3 is 2. The molecule has 138 valence electrons. The van der Waals surface area contributed by atoms with Crippen LogP contribution >= 0.6 is 0 Å². The second kappa shape index (κ2) is 7.52. The van der Waals surface area contributed by atoms with Crippen molar-refractivity contribution in [2.75, 3.05) is 20.8 Å². The minimum absolute atomic E-state index is 0.189. The zero-order valence-electron chi connectivity index (χ0n) is 15.1. The van der Waals surface area contributed by atoms with Crippen LogP contribution in [0.15, 0.2) is 12.1 Å². The molecule has 6 heteroatoms. The number of aliphatic hydroxyl groups is 1. The van der Waals surface area contributed by atoms with Gasteiger partial charge in [-0.25, -0.2) is 4.79 Å². The molecule has 2 aliphatic carbocycles. The van der Waals surface area contributed by atoms with Gasteiger partial charge in [-0.1, -0.05) is 19.3 Å². The van der Waals surface area contributed by atoms with Crippen LogP contribution in [0.3, 0.4) is 0 Å². The number of benzene rings is 1.